The fraction of sp³-hybridized carbons (Fsp3) is 1.00. The highest BCUT2D eigenvalue weighted by atomic mass is 16.6. The van der Waals surface area contributed by atoms with Gasteiger partial charge >= 0.3 is 0 Å². The van der Waals surface area contributed by atoms with Crippen molar-refractivity contribution in [1.82, 2.24) is 0 Å². The Balaban J connectivity index is 3.11. The van der Waals surface area contributed by atoms with Crippen LogP contribution < -0.4 is 5.73 Å². The largest absolute Gasteiger partial charge is 0.382 e. The SMILES string of the molecule is CCCC(CN)OCCOCCOCCOC. The molecule has 0 saturated heterocycles. The van der Waals surface area contributed by atoms with Gasteiger partial charge in [-0.15, -0.1) is 0 Å². The lowest BCUT2D eigenvalue weighted by atomic mass is 10.2. The summed E-state index contributed by atoms with van der Waals surface area (Å²) in [5, 5.41) is 0. The number of ether oxygens (including phenoxy) is 4. The van der Waals surface area contributed by atoms with Crippen LogP contribution in [0.4, 0.5) is 0 Å². The van der Waals surface area contributed by atoms with E-state index in [2.05, 4.69) is 6.92 Å². The van der Waals surface area contributed by atoms with Gasteiger partial charge in [0.15, 0.2) is 0 Å². The van der Waals surface area contributed by atoms with Crippen LogP contribution in [0.5, 0.6) is 0 Å². The molecule has 0 heterocycles. The quantitative estimate of drug-likeness (QED) is 0.489. The van der Waals surface area contributed by atoms with Gasteiger partial charge in [0.25, 0.3) is 0 Å². The molecule has 0 bridgehead atoms. The summed E-state index contributed by atoms with van der Waals surface area (Å²) < 4.78 is 21.0. The maximum Gasteiger partial charge on any atom is 0.0704 e. The number of nitrogens with two attached hydrogens (primary N) is 1. The van der Waals surface area contributed by atoms with Crippen LogP contribution in [0.15, 0.2) is 0 Å². The van der Waals surface area contributed by atoms with Crippen molar-refractivity contribution in [1.29, 1.82) is 0 Å². The van der Waals surface area contributed by atoms with Gasteiger partial charge in [-0.1, -0.05) is 13.3 Å². The number of rotatable bonds is 13. The first-order chi connectivity index (χ1) is 8.35. The first kappa shape index (κ1) is 16.8. The molecule has 0 aromatic carbocycles. The van der Waals surface area contributed by atoms with Gasteiger partial charge in [-0.2, -0.15) is 0 Å². The average molecular weight is 249 g/mol. The van der Waals surface area contributed by atoms with E-state index in [9.17, 15) is 0 Å². The van der Waals surface area contributed by atoms with Crippen molar-refractivity contribution in [3.05, 3.63) is 0 Å². The number of hydrogen-bond acceptors (Lipinski definition) is 5. The standard InChI is InChI=1S/C12H27NO4/c1-3-4-12(11-13)17-10-9-16-8-7-15-6-5-14-2/h12H,3-11,13H2,1-2H3. The Hall–Kier alpha value is -0.200. The van der Waals surface area contributed by atoms with Crippen molar-refractivity contribution in [2.45, 2.75) is 25.9 Å². The molecule has 104 valence electrons. The molecule has 1 unspecified atom stereocenters. The molecule has 0 amide bonds. The minimum Gasteiger partial charge on any atom is -0.382 e. The van der Waals surface area contributed by atoms with Gasteiger partial charge in [0.2, 0.25) is 0 Å². The Morgan fingerprint density at radius 2 is 1.53 bits per heavy atom. The van der Waals surface area contributed by atoms with E-state index in [0.29, 0.717) is 46.2 Å². The highest BCUT2D eigenvalue weighted by molar-refractivity contribution is 4.56. The molecule has 0 radical (unpaired) electrons. The predicted molar refractivity (Wildman–Crippen MR) is 67.2 cm³/mol. The molecule has 0 spiro atoms. The van der Waals surface area contributed by atoms with E-state index in [-0.39, 0.29) is 6.10 Å². The van der Waals surface area contributed by atoms with Crippen LogP contribution in [-0.4, -0.2) is 59.4 Å². The van der Waals surface area contributed by atoms with Gasteiger partial charge < -0.3 is 24.7 Å². The highest BCUT2D eigenvalue weighted by Gasteiger charge is 2.04. The first-order valence-corrected chi connectivity index (χ1v) is 6.31. The van der Waals surface area contributed by atoms with E-state index in [1.807, 2.05) is 0 Å². The van der Waals surface area contributed by atoms with Gasteiger partial charge in [0, 0.05) is 13.7 Å². The monoisotopic (exact) mass is 249 g/mol. The zero-order chi connectivity index (χ0) is 12.8. The summed E-state index contributed by atoms with van der Waals surface area (Å²) in [6, 6.07) is 0. The minimum atomic E-state index is 0.168. The predicted octanol–water partition coefficient (Wildman–Crippen LogP) is 0.810. The van der Waals surface area contributed by atoms with E-state index in [4.69, 9.17) is 24.7 Å². The van der Waals surface area contributed by atoms with Crippen LogP contribution in [0.3, 0.4) is 0 Å². The van der Waals surface area contributed by atoms with Crippen molar-refractivity contribution < 1.29 is 18.9 Å². The molecule has 0 aliphatic heterocycles. The van der Waals surface area contributed by atoms with Gasteiger partial charge in [-0.25, -0.2) is 0 Å². The van der Waals surface area contributed by atoms with Crippen LogP contribution in [0.1, 0.15) is 19.8 Å². The second-order valence-electron chi connectivity index (χ2n) is 3.73. The smallest absolute Gasteiger partial charge is 0.0704 e. The maximum atomic E-state index is 5.57. The molecule has 0 aliphatic carbocycles. The molecule has 0 aromatic rings. The van der Waals surface area contributed by atoms with Crippen LogP contribution in [0.2, 0.25) is 0 Å². The van der Waals surface area contributed by atoms with Gasteiger partial charge in [-0.05, 0) is 6.42 Å². The van der Waals surface area contributed by atoms with Crippen molar-refractivity contribution in [3.63, 3.8) is 0 Å². The summed E-state index contributed by atoms with van der Waals surface area (Å²) in [4.78, 5) is 0. The van der Waals surface area contributed by atoms with Gasteiger partial charge in [0.05, 0.1) is 45.7 Å². The van der Waals surface area contributed by atoms with Crippen molar-refractivity contribution >= 4 is 0 Å². The second-order valence-corrected chi connectivity index (χ2v) is 3.73. The zero-order valence-corrected chi connectivity index (χ0v) is 11.2. The Morgan fingerprint density at radius 3 is 2.06 bits per heavy atom. The fourth-order valence-electron chi connectivity index (χ4n) is 1.33. The topological polar surface area (TPSA) is 62.9 Å². The summed E-state index contributed by atoms with van der Waals surface area (Å²) in [5.74, 6) is 0. The molecule has 1 atom stereocenters. The molecule has 0 rings (SSSR count). The van der Waals surface area contributed by atoms with Crippen LogP contribution in [0.25, 0.3) is 0 Å². The van der Waals surface area contributed by atoms with E-state index >= 15 is 0 Å². The van der Waals surface area contributed by atoms with E-state index in [0.717, 1.165) is 12.8 Å². The molecule has 0 aliphatic rings. The van der Waals surface area contributed by atoms with Crippen molar-refractivity contribution in [3.8, 4) is 0 Å². The lowest BCUT2D eigenvalue weighted by molar-refractivity contribution is -0.0159. The lowest BCUT2D eigenvalue weighted by Crippen LogP contribution is -2.25. The van der Waals surface area contributed by atoms with Crippen molar-refractivity contribution in [2.75, 3.05) is 53.3 Å². The highest BCUT2D eigenvalue weighted by Crippen LogP contribution is 1.99. The molecule has 0 fully saturated rings. The number of methoxy groups -OCH3 is 1. The molecule has 2 N–H and O–H groups in total. The molecular formula is C12H27NO4. The van der Waals surface area contributed by atoms with Crippen molar-refractivity contribution in [2.24, 2.45) is 5.73 Å². The third kappa shape index (κ3) is 12.1. The Bertz CT molecular complexity index is 146. The van der Waals surface area contributed by atoms with E-state index < -0.39 is 0 Å². The summed E-state index contributed by atoms with van der Waals surface area (Å²) in [7, 11) is 1.65. The van der Waals surface area contributed by atoms with Gasteiger partial charge in [0.1, 0.15) is 0 Å². The van der Waals surface area contributed by atoms with Gasteiger partial charge in [-0.3, -0.25) is 0 Å². The van der Waals surface area contributed by atoms with Crippen LogP contribution >= 0.6 is 0 Å². The number of hydrogen-bond donors (Lipinski definition) is 1. The molecule has 0 aromatic heterocycles. The summed E-state index contributed by atoms with van der Waals surface area (Å²) >= 11 is 0. The maximum absolute atomic E-state index is 5.57. The Morgan fingerprint density at radius 1 is 0.941 bits per heavy atom. The third-order valence-corrected chi connectivity index (χ3v) is 2.26. The van der Waals surface area contributed by atoms with E-state index in [1.54, 1.807) is 7.11 Å². The third-order valence-electron chi connectivity index (χ3n) is 2.26. The molecular weight excluding hydrogens is 222 g/mol. The Labute approximate surface area is 105 Å². The summed E-state index contributed by atoms with van der Waals surface area (Å²) in [6.45, 7) is 6.31. The minimum absolute atomic E-state index is 0.168. The molecule has 0 saturated carbocycles. The van der Waals surface area contributed by atoms with Crippen LogP contribution in [0, 0.1) is 0 Å². The Kier molecular flexibility index (Phi) is 13.7. The normalized spacial score (nSPS) is 12.9. The van der Waals surface area contributed by atoms with Crippen LogP contribution in [-0.2, 0) is 18.9 Å². The second kappa shape index (κ2) is 13.9. The summed E-state index contributed by atoms with van der Waals surface area (Å²) in [6.07, 6.45) is 2.27. The first-order valence-electron chi connectivity index (χ1n) is 6.31. The lowest BCUT2D eigenvalue weighted by Gasteiger charge is -2.14. The molecule has 5 nitrogen and oxygen atoms in total. The zero-order valence-electron chi connectivity index (χ0n) is 11.2. The van der Waals surface area contributed by atoms with E-state index in [1.165, 1.54) is 0 Å². The average Bonchev–Trinajstić information content (AvgIpc) is 2.35. The molecule has 17 heavy (non-hydrogen) atoms. The summed E-state index contributed by atoms with van der Waals surface area (Å²) in [5.41, 5.74) is 5.57. The fourth-order valence-corrected chi connectivity index (χ4v) is 1.33. The molecule has 5 heteroatoms.